The fourth-order valence-electron chi connectivity index (χ4n) is 1.33. The molecule has 0 saturated heterocycles. The second-order valence-corrected chi connectivity index (χ2v) is 2.71. The van der Waals surface area contributed by atoms with Crippen LogP contribution in [-0.4, -0.2) is 6.54 Å². The molecule has 0 amide bonds. The third kappa shape index (κ3) is 1.27. The molecule has 0 spiro atoms. The molecule has 0 aliphatic carbocycles. The molecular weight excluding hydrogens is 134 g/mol. The van der Waals surface area contributed by atoms with E-state index in [2.05, 4.69) is 41.7 Å². The lowest BCUT2D eigenvalue weighted by atomic mass is 10.1. The second-order valence-electron chi connectivity index (χ2n) is 2.71. The molecule has 0 bridgehead atoms. The average molecular weight is 145 g/mol. The Labute approximate surface area is 66.7 Å². The number of nitrogens with one attached hydrogen (secondary N) is 1. The van der Waals surface area contributed by atoms with Crippen molar-refractivity contribution in [2.75, 3.05) is 11.9 Å². The van der Waals surface area contributed by atoms with Crippen LogP contribution in [0.1, 0.15) is 5.56 Å². The van der Waals surface area contributed by atoms with Crippen molar-refractivity contribution < 1.29 is 0 Å². The molecule has 1 heteroatoms. The Balaban J connectivity index is 2.40. The first-order chi connectivity index (χ1) is 5.47. The third-order valence-corrected chi connectivity index (χ3v) is 1.93. The molecule has 1 aromatic rings. The van der Waals surface area contributed by atoms with Crippen LogP contribution in [0.2, 0.25) is 0 Å². The zero-order chi connectivity index (χ0) is 7.52. The zero-order valence-corrected chi connectivity index (χ0v) is 6.38. The first-order valence-electron chi connectivity index (χ1n) is 3.93. The molecule has 1 N–H and O–H groups in total. The average Bonchev–Trinajstić information content (AvgIpc) is 2.28. The minimum absolute atomic E-state index is 0.955. The summed E-state index contributed by atoms with van der Waals surface area (Å²) in [7, 11) is 0. The van der Waals surface area contributed by atoms with Crippen LogP contribution < -0.4 is 5.32 Å². The highest BCUT2D eigenvalue weighted by molar-refractivity contribution is 5.53. The molecule has 1 aromatic carbocycles. The van der Waals surface area contributed by atoms with Crippen molar-refractivity contribution in [1.82, 2.24) is 0 Å². The number of rotatable bonds is 0. The normalized spacial score (nSPS) is 14.9. The summed E-state index contributed by atoms with van der Waals surface area (Å²) < 4.78 is 0. The van der Waals surface area contributed by atoms with E-state index in [1.54, 1.807) is 0 Å². The maximum Gasteiger partial charge on any atom is 0.0378 e. The fraction of sp³-hybridized carbons (Fsp3) is 0.200. The molecule has 2 rings (SSSR count). The SMILES string of the molecule is C1=CCc2ccccc2NC1. The molecule has 56 valence electrons. The molecule has 0 fully saturated rings. The standard InChI is InChI=1S/C10H11N/c1-2-7-10-9(5-1)6-3-4-8-11-10/h1-5,7,11H,6,8H2. The van der Waals surface area contributed by atoms with E-state index in [4.69, 9.17) is 0 Å². The van der Waals surface area contributed by atoms with Crippen molar-refractivity contribution in [2.24, 2.45) is 0 Å². The largest absolute Gasteiger partial charge is 0.381 e. The number of fused-ring (bicyclic) bond motifs is 1. The Morgan fingerprint density at radius 3 is 3.00 bits per heavy atom. The van der Waals surface area contributed by atoms with Crippen molar-refractivity contribution in [1.29, 1.82) is 0 Å². The number of para-hydroxylation sites is 1. The van der Waals surface area contributed by atoms with Gasteiger partial charge in [0.15, 0.2) is 0 Å². The van der Waals surface area contributed by atoms with Crippen molar-refractivity contribution >= 4 is 5.69 Å². The molecule has 11 heavy (non-hydrogen) atoms. The molecule has 1 aliphatic heterocycles. The molecule has 0 saturated carbocycles. The Kier molecular flexibility index (Phi) is 1.64. The summed E-state index contributed by atoms with van der Waals surface area (Å²) in [5.74, 6) is 0. The van der Waals surface area contributed by atoms with Gasteiger partial charge in [-0.1, -0.05) is 30.4 Å². The predicted octanol–water partition coefficient (Wildman–Crippen LogP) is 2.21. The van der Waals surface area contributed by atoms with Gasteiger partial charge in [-0.15, -0.1) is 0 Å². The molecule has 0 aromatic heterocycles. The Hall–Kier alpha value is -1.24. The van der Waals surface area contributed by atoms with Gasteiger partial charge in [-0.05, 0) is 18.1 Å². The zero-order valence-electron chi connectivity index (χ0n) is 6.38. The van der Waals surface area contributed by atoms with Crippen LogP contribution in [-0.2, 0) is 6.42 Å². The summed E-state index contributed by atoms with van der Waals surface area (Å²) >= 11 is 0. The van der Waals surface area contributed by atoms with E-state index in [-0.39, 0.29) is 0 Å². The summed E-state index contributed by atoms with van der Waals surface area (Å²) in [6, 6.07) is 8.44. The topological polar surface area (TPSA) is 12.0 Å². The van der Waals surface area contributed by atoms with Gasteiger partial charge >= 0.3 is 0 Å². The maximum absolute atomic E-state index is 3.34. The minimum atomic E-state index is 0.955. The van der Waals surface area contributed by atoms with E-state index in [9.17, 15) is 0 Å². The summed E-state index contributed by atoms with van der Waals surface area (Å²) in [5, 5.41) is 3.34. The van der Waals surface area contributed by atoms with Crippen LogP contribution >= 0.6 is 0 Å². The van der Waals surface area contributed by atoms with Gasteiger partial charge in [0, 0.05) is 12.2 Å². The van der Waals surface area contributed by atoms with E-state index in [1.807, 2.05) is 0 Å². The van der Waals surface area contributed by atoms with Crippen molar-refractivity contribution in [3.8, 4) is 0 Å². The molecule has 1 aliphatic rings. The smallest absolute Gasteiger partial charge is 0.0378 e. The number of hydrogen-bond acceptors (Lipinski definition) is 1. The first-order valence-corrected chi connectivity index (χ1v) is 3.93. The van der Waals surface area contributed by atoms with E-state index in [0.717, 1.165) is 13.0 Å². The lowest BCUT2D eigenvalue weighted by Gasteiger charge is -2.05. The van der Waals surface area contributed by atoms with Gasteiger partial charge < -0.3 is 5.32 Å². The van der Waals surface area contributed by atoms with Crippen LogP contribution in [0.15, 0.2) is 36.4 Å². The fourth-order valence-corrected chi connectivity index (χ4v) is 1.33. The highest BCUT2D eigenvalue weighted by Crippen LogP contribution is 2.17. The van der Waals surface area contributed by atoms with Crippen LogP contribution in [0, 0.1) is 0 Å². The van der Waals surface area contributed by atoms with Crippen molar-refractivity contribution in [2.45, 2.75) is 6.42 Å². The molecular formula is C10H11N. The number of benzene rings is 1. The Morgan fingerprint density at radius 1 is 1.09 bits per heavy atom. The van der Waals surface area contributed by atoms with E-state index in [1.165, 1.54) is 11.3 Å². The van der Waals surface area contributed by atoms with Gasteiger partial charge in [-0.25, -0.2) is 0 Å². The number of allylic oxidation sites excluding steroid dienone is 1. The van der Waals surface area contributed by atoms with Gasteiger partial charge in [0.25, 0.3) is 0 Å². The van der Waals surface area contributed by atoms with E-state index in [0.29, 0.717) is 0 Å². The van der Waals surface area contributed by atoms with Crippen molar-refractivity contribution in [3.63, 3.8) is 0 Å². The molecule has 0 radical (unpaired) electrons. The lowest BCUT2D eigenvalue weighted by molar-refractivity contribution is 1.28. The van der Waals surface area contributed by atoms with Crippen LogP contribution in [0.5, 0.6) is 0 Å². The van der Waals surface area contributed by atoms with E-state index >= 15 is 0 Å². The minimum Gasteiger partial charge on any atom is -0.381 e. The lowest BCUT2D eigenvalue weighted by Crippen LogP contribution is -1.97. The van der Waals surface area contributed by atoms with E-state index < -0.39 is 0 Å². The Bertz CT molecular complexity index is 276. The van der Waals surface area contributed by atoms with Gasteiger partial charge in [0.2, 0.25) is 0 Å². The predicted molar refractivity (Wildman–Crippen MR) is 47.8 cm³/mol. The molecule has 0 unspecified atom stereocenters. The molecule has 1 nitrogen and oxygen atoms in total. The molecule has 0 atom stereocenters. The third-order valence-electron chi connectivity index (χ3n) is 1.93. The van der Waals surface area contributed by atoms with Gasteiger partial charge in [-0.3, -0.25) is 0 Å². The van der Waals surface area contributed by atoms with Crippen LogP contribution in [0.25, 0.3) is 0 Å². The molecule has 1 heterocycles. The summed E-state index contributed by atoms with van der Waals surface area (Å²) in [5.41, 5.74) is 2.67. The Morgan fingerprint density at radius 2 is 2.00 bits per heavy atom. The second kappa shape index (κ2) is 2.79. The monoisotopic (exact) mass is 145 g/mol. The summed E-state index contributed by atoms with van der Waals surface area (Å²) in [6.07, 6.45) is 5.43. The highest BCUT2D eigenvalue weighted by atomic mass is 14.9. The maximum atomic E-state index is 3.34. The van der Waals surface area contributed by atoms with Crippen molar-refractivity contribution in [3.05, 3.63) is 42.0 Å². The quantitative estimate of drug-likeness (QED) is 0.552. The van der Waals surface area contributed by atoms with Gasteiger partial charge in [0.05, 0.1) is 0 Å². The first kappa shape index (κ1) is 6.47. The van der Waals surface area contributed by atoms with Crippen LogP contribution in [0.4, 0.5) is 5.69 Å². The summed E-state index contributed by atoms with van der Waals surface area (Å²) in [6.45, 7) is 0.955. The van der Waals surface area contributed by atoms with Gasteiger partial charge in [0.1, 0.15) is 0 Å². The van der Waals surface area contributed by atoms with Crippen LogP contribution in [0.3, 0.4) is 0 Å². The highest BCUT2D eigenvalue weighted by Gasteiger charge is 1.99. The summed E-state index contributed by atoms with van der Waals surface area (Å²) in [4.78, 5) is 0. The number of anilines is 1. The number of hydrogen-bond donors (Lipinski definition) is 1. The van der Waals surface area contributed by atoms with Gasteiger partial charge in [-0.2, -0.15) is 0 Å².